The zero-order valence-corrected chi connectivity index (χ0v) is 16.9. The van der Waals surface area contributed by atoms with Crippen LogP contribution in [0.15, 0.2) is 41.6 Å². The van der Waals surface area contributed by atoms with Crippen molar-refractivity contribution < 1.29 is 8.42 Å². The summed E-state index contributed by atoms with van der Waals surface area (Å²) in [5, 5.41) is 3.30. The van der Waals surface area contributed by atoms with Crippen LogP contribution in [0.4, 0.5) is 11.6 Å². The Morgan fingerprint density at radius 2 is 1.68 bits per heavy atom. The quantitative estimate of drug-likeness (QED) is 0.802. The third-order valence-corrected chi connectivity index (χ3v) is 7.30. The number of rotatable bonds is 6. The maximum Gasteiger partial charge on any atom is 0.243 e. The molecular weight excluding hydrogens is 374 g/mol. The summed E-state index contributed by atoms with van der Waals surface area (Å²) in [6.45, 7) is 3.82. The molecule has 0 spiro atoms. The first-order valence-corrected chi connectivity index (χ1v) is 11.5. The van der Waals surface area contributed by atoms with Crippen molar-refractivity contribution in [2.75, 3.05) is 36.4 Å². The molecule has 2 aliphatic rings. The van der Waals surface area contributed by atoms with Crippen LogP contribution in [-0.2, 0) is 16.6 Å². The van der Waals surface area contributed by atoms with E-state index in [1.54, 1.807) is 22.8 Å². The van der Waals surface area contributed by atoms with Crippen LogP contribution in [-0.4, -0.2) is 48.9 Å². The molecule has 2 saturated heterocycles. The Kier molecular flexibility index (Phi) is 5.77. The topological polar surface area (TPSA) is 78.4 Å². The number of benzene rings is 1. The van der Waals surface area contributed by atoms with E-state index in [-0.39, 0.29) is 0 Å². The van der Waals surface area contributed by atoms with E-state index in [2.05, 4.69) is 20.2 Å². The van der Waals surface area contributed by atoms with Crippen LogP contribution in [0.1, 0.15) is 37.7 Å². The van der Waals surface area contributed by atoms with E-state index < -0.39 is 10.0 Å². The van der Waals surface area contributed by atoms with Gasteiger partial charge in [-0.15, -0.1) is 0 Å². The van der Waals surface area contributed by atoms with Crippen molar-refractivity contribution in [2.45, 2.75) is 43.5 Å². The molecule has 1 aromatic heterocycles. The van der Waals surface area contributed by atoms with Crippen LogP contribution in [0.3, 0.4) is 0 Å². The molecule has 8 heteroatoms. The van der Waals surface area contributed by atoms with E-state index >= 15 is 0 Å². The number of sulfonamides is 1. The van der Waals surface area contributed by atoms with Gasteiger partial charge in [-0.2, -0.15) is 4.31 Å². The Morgan fingerprint density at radius 1 is 0.929 bits per heavy atom. The molecule has 7 nitrogen and oxygen atoms in total. The average molecular weight is 402 g/mol. The molecule has 150 valence electrons. The molecule has 3 heterocycles. The van der Waals surface area contributed by atoms with E-state index in [4.69, 9.17) is 0 Å². The van der Waals surface area contributed by atoms with E-state index in [9.17, 15) is 8.42 Å². The van der Waals surface area contributed by atoms with E-state index in [0.717, 1.165) is 49.6 Å². The lowest BCUT2D eigenvalue weighted by Gasteiger charge is -2.26. The molecule has 0 saturated carbocycles. The summed E-state index contributed by atoms with van der Waals surface area (Å²) in [5.41, 5.74) is 0.916. The molecule has 0 amide bonds. The SMILES string of the molecule is O=S(=O)(c1cccc(CNc2cc(N3CCCC3)ncn2)c1)N1CCCCC1. The highest BCUT2D eigenvalue weighted by atomic mass is 32.2. The minimum atomic E-state index is -3.41. The molecule has 28 heavy (non-hydrogen) atoms. The predicted molar refractivity (Wildman–Crippen MR) is 110 cm³/mol. The fourth-order valence-corrected chi connectivity index (χ4v) is 5.41. The largest absolute Gasteiger partial charge is 0.366 e. The molecule has 1 N–H and O–H groups in total. The number of piperidine rings is 1. The molecule has 4 rings (SSSR count). The van der Waals surface area contributed by atoms with Gasteiger partial charge in [-0.25, -0.2) is 18.4 Å². The highest BCUT2D eigenvalue weighted by molar-refractivity contribution is 7.89. The average Bonchev–Trinajstić information content (AvgIpc) is 3.28. The number of hydrogen-bond donors (Lipinski definition) is 1. The maximum absolute atomic E-state index is 12.9. The highest BCUT2D eigenvalue weighted by Gasteiger charge is 2.25. The van der Waals surface area contributed by atoms with Gasteiger partial charge in [0.15, 0.2) is 0 Å². The fraction of sp³-hybridized carbons (Fsp3) is 0.500. The van der Waals surface area contributed by atoms with Crippen molar-refractivity contribution in [3.05, 3.63) is 42.2 Å². The van der Waals surface area contributed by atoms with Crippen LogP contribution < -0.4 is 10.2 Å². The van der Waals surface area contributed by atoms with Crippen molar-refractivity contribution in [2.24, 2.45) is 0 Å². The molecule has 0 bridgehead atoms. The predicted octanol–water partition coefficient (Wildman–Crippen LogP) is 2.86. The molecule has 1 aromatic carbocycles. The molecular formula is C20H27N5O2S. The van der Waals surface area contributed by atoms with Crippen molar-refractivity contribution in [1.29, 1.82) is 0 Å². The Balaban J connectivity index is 1.44. The third kappa shape index (κ3) is 4.28. The summed E-state index contributed by atoms with van der Waals surface area (Å²) in [4.78, 5) is 11.3. The van der Waals surface area contributed by atoms with Crippen LogP contribution in [0, 0.1) is 0 Å². The van der Waals surface area contributed by atoms with Crippen molar-refractivity contribution in [3.63, 3.8) is 0 Å². The number of nitrogens with zero attached hydrogens (tertiary/aromatic N) is 4. The first-order chi connectivity index (χ1) is 13.6. The molecule has 0 unspecified atom stereocenters. The van der Waals surface area contributed by atoms with Crippen molar-refractivity contribution in [1.82, 2.24) is 14.3 Å². The molecule has 0 radical (unpaired) electrons. The maximum atomic E-state index is 12.9. The second-order valence-corrected chi connectivity index (χ2v) is 9.36. The lowest BCUT2D eigenvalue weighted by atomic mass is 10.2. The number of aromatic nitrogens is 2. The zero-order chi connectivity index (χ0) is 19.4. The van der Waals surface area contributed by atoms with Gasteiger partial charge in [-0.1, -0.05) is 18.6 Å². The zero-order valence-electron chi connectivity index (χ0n) is 16.0. The Morgan fingerprint density at radius 3 is 2.46 bits per heavy atom. The van der Waals surface area contributed by atoms with Gasteiger partial charge in [-0.3, -0.25) is 0 Å². The van der Waals surface area contributed by atoms with Crippen LogP contribution in [0.25, 0.3) is 0 Å². The lowest BCUT2D eigenvalue weighted by Crippen LogP contribution is -2.35. The molecule has 2 aromatic rings. The van der Waals surface area contributed by atoms with Gasteiger partial charge in [0.25, 0.3) is 0 Å². The first-order valence-electron chi connectivity index (χ1n) is 10.0. The number of hydrogen-bond acceptors (Lipinski definition) is 6. The summed E-state index contributed by atoms with van der Waals surface area (Å²) in [5.74, 6) is 1.69. The lowest BCUT2D eigenvalue weighted by molar-refractivity contribution is 0.346. The highest BCUT2D eigenvalue weighted by Crippen LogP contribution is 2.22. The van der Waals surface area contributed by atoms with Crippen LogP contribution >= 0.6 is 0 Å². The summed E-state index contributed by atoms with van der Waals surface area (Å²) in [6, 6.07) is 9.15. The number of nitrogens with one attached hydrogen (secondary N) is 1. The van der Waals surface area contributed by atoms with Crippen molar-refractivity contribution >= 4 is 21.7 Å². The smallest absolute Gasteiger partial charge is 0.243 e. The van der Waals surface area contributed by atoms with E-state index in [1.807, 2.05) is 18.2 Å². The summed E-state index contributed by atoms with van der Waals surface area (Å²) in [6.07, 6.45) is 6.96. The third-order valence-electron chi connectivity index (χ3n) is 5.41. The summed E-state index contributed by atoms with van der Waals surface area (Å²) in [7, 11) is -3.41. The standard InChI is InChI=1S/C20H27N5O2S/c26-28(27,25-11-2-1-3-12-25)18-8-6-7-17(13-18)15-21-19-14-20(23-16-22-19)24-9-4-5-10-24/h6-8,13-14,16H,1-5,9-12,15H2,(H,21,22,23). The van der Waals surface area contributed by atoms with Crippen LogP contribution in [0.5, 0.6) is 0 Å². The van der Waals surface area contributed by atoms with Crippen molar-refractivity contribution in [3.8, 4) is 0 Å². The molecule has 0 atom stereocenters. The van der Waals surface area contributed by atoms with Gasteiger partial charge >= 0.3 is 0 Å². The first kappa shape index (κ1) is 19.1. The Labute approximate surface area is 166 Å². The Hall–Kier alpha value is -2.19. The van der Waals surface area contributed by atoms with Gasteiger partial charge < -0.3 is 10.2 Å². The summed E-state index contributed by atoms with van der Waals surface area (Å²) < 4.78 is 27.4. The summed E-state index contributed by atoms with van der Waals surface area (Å²) >= 11 is 0. The van der Waals surface area contributed by atoms with Gasteiger partial charge in [-0.05, 0) is 43.4 Å². The molecule has 2 aliphatic heterocycles. The monoisotopic (exact) mass is 401 g/mol. The Bertz CT molecular complexity index is 906. The van der Waals surface area contributed by atoms with Gasteiger partial charge in [0.1, 0.15) is 18.0 Å². The van der Waals surface area contributed by atoms with Gasteiger partial charge in [0.05, 0.1) is 4.90 Å². The van der Waals surface area contributed by atoms with Gasteiger partial charge in [0, 0.05) is 38.8 Å². The minimum Gasteiger partial charge on any atom is -0.366 e. The van der Waals surface area contributed by atoms with E-state index in [1.165, 1.54) is 12.8 Å². The number of anilines is 2. The van der Waals surface area contributed by atoms with E-state index in [0.29, 0.717) is 24.5 Å². The normalized spacial score (nSPS) is 18.4. The molecule has 2 fully saturated rings. The fourth-order valence-electron chi connectivity index (χ4n) is 3.83. The van der Waals surface area contributed by atoms with Gasteiger partial charge in [0.2, 0.25) is 10.0 Å². The molecule has 0 aliphatic carbocycles. The minimum absolute atomic E-state index is 0.370. The van der Waals surface area contributed by atoms with Crippen LogP contribution in [0.2, 0.25) is 0 Å². The second-order valence-electron chi connectivity index (χ2n) is 7.42. The second kappa shape index (κ2) is 8.45.